The Morgan fingerprint density at radius 3 is 2.64 bits per heavy atom. The third-order valence-electron chi connectivity index (χ3n) is 6.01. The van der Waals surface area contributed by atoms with Crippen molar-refractivity contribution in [2.45, 2.75) is 18.2 Å². The van der Waals surface area contributed by atoms with E-state index in [0.717, 1.165) is 34.4 Å². The quantitative estimate of drug-likeness (QED) is 0.342. The molecule has 5 nitrogen and oxygen atoms in total. The fourth-order valence-electron chi connectivity index (χ4n) is 4.42. The number of nitrogens with one attached hydrogen (secondary N) is 1. The zero-order valence-electron chi connectivity index (χ0n) is 17.5. The van der Waals surface area contributed by atoms with E-state index in [0.29, 0.717) is 10.7 Å². The van der Waals surface area contributed by atoms with Gasteiger partial charge in [0.05, 0.1) is 23.5 Å². The Bertz CT molecular complexity index is 1500. The molecule has 1 aliphatic rings. The van der Waals surface area contributed by atoms with E-state index in [9.17, 15) is 4.79 Å². The highest BCUT2D eigenvalue weighted by Crippen LogP contribution is 2.32. The number of benzene rings is 2. The first-order chi connectivity index (χ1) is 16.2. The number of carbonyl (C=O) groups is 1. The maximum atomic E-state index is 12.1. The van der Waals surface area contributed by atoms with E-state index in [1.807, 2.05) is 18.3 Å². The first-order valence-electron chi connectivity index (χ1n) is 10.6. The molecule has 1 saturated heterocycles. The number of amides is 1. The maximum absolute atomic E-state index is 12.1. The van der Waals surface area contributed by atoms with Gasteiger partial charge >= 0.3 is 0 Å². The number of para-hydroxylation sites is 1. The number of aromatic nitrogens is 2. The van der Waals surface area contributed by atoms with Gasteiger partial charge in [0.1, 0.15) is 4.32 Å². The number of pyridine rings is 1. The van der Waals surface area contributed by atoms with Crippen LogP contribution >= 0.6 is 24.0 Å². The molecule has 0 aliphatic carbocycles. The molecule has 5 aromatic rings. The summed E-state index contributed by atoms with van der Waals surface area (Å²) in [5.74, 6) is -0.00103. The molecule has 0 saturated carbocycles. The molecule has 2 aromatic carbocycles. The topological polar surface area (TPSA) is 60.1 Å². The van der Waals surface area contributed by atoms with E-state index in [-0.39, 0.29) is 11.2 Å². The number of nitrogens with zero attached hydrogens (tertiary/aromatic N) is 2. The summed E-state index contributed by atoms with van der Waals surface area (Å²) >= 11 is 6.58. The minimum Gasteiger partial charge on any atom is -0.472 e. The van der Waals surface area contributed by atoms with Crippen molar-refractivity contribution in [3.05, 3.63) is 90.5 Å². The van der Waals surface area contributed by atoms with E-state index < -0.39 is 0 Å². The highest BCUT2D eigenvalue weighted by Gasteiger charge is 2.29. The van der Waals surface area contributed by atoms with Crippen molar-refractivity contribution in [3.8, 4) is 11.3 Å². The Labute approximate surface area is 199 Å². The van der Waals surface area contributed by atoms with E-state index in [1.54, 1.807) is 12.5 Å². The van der Waals surface area contributed by atoms with Gasteiger partial charge in [-0.1, -0.05) is 54.3 Å². The van der Waals surface area contributed by atoms with Gasteiger partial charge in [0.2, 0.25) is 5.91 Å². The number of carbonyl (C=O) groups excluding carboxylic acids is 1. The fourth-order valence-corrected chi connectivity index (χ4v) is 5.73. The number of thiocarbonyl (C=S) groups is 1. The molecule has 4 heterocycles. The molecule has 0 bridgehead atoms. The third kappa shape index (κ3) is 3.73. The Hall–Kier alpha value is -3.42. The van der Waals surface area contributed by atoms with Gasteiger partial charge in [-0.05, 0) is 47.9 Å². The summed E-state index contributed by atoms with van der Waals surface area (Å²) in [5, 5.41) is 4.97. The predicted octanol–water partition coefficient (Wildman–Crippen LogP) is 5.56. The Morgan fingerprint density at radius 2 is 1.88 bits per heavy atom. The monoisotopic (exact) mass is 469 g/mol. The van der Waals surface area contributed by atoms with Gasteiger partial charge in [-0.15, -0.1) is 0 Å². The third-order valence-corrected chi connectivity index (χ3v) is 7.38. The van der Waals surface area contributed by atoms with Crippen molar-refractivity contribution in [1.82, 2.24) is 14.9 Å². The average Bonchev–Trinajstić information content (AvgIpc) is 3.54. The number of hydrogen-bond acceptors (Lipinski definition) is 5. The second-order valence-corrected chi connectivity index (χ2v) is 9.99. The minimum absolute atomic E-state index is 0.00103. The van der Waals surface area contributed by atoms with Crippen LogP contribution in [-0.4, -0.2) is 25.0 Å². The number of hydrogen-bond donors (Lipinski definition) is 1. The summed E-state index contributed by atoms with van der Waals surface area (Å²) in [6.07, 6.45) is 5.94. The molecule has 33 heavy (non-hydrogen) atoms. The van der Waals surface area contributed by atoms with Crippen LogP contribution in [0.1, 0.15) is 11.1 Å². The van der Waals surface area contributed by atoms with Gasteiger partial charge in [0, 0.05) is 40.1 Å². The lowest BCUT2D eigenvalue weighted by Gasteiger charge is -2.09. The van der Waals surface area contributed by atoms with Gasteiger partial charge in [0.25, 0.3) is 0 Å². The zero-order chi connectivity index (χ0) is 22.4. The summed E-state index contributed by atoms with van der Waals surface area (Å²) in [7, 11) is 0. The zero-order valence-corrected chi connectivity index (χ0v) is 19.2. The normalized spacial score (nSPS) is 16.1. The molecular formula is C26H19N3O2S2. The molecule has 1 amide bonds. The highest BCUT2D eigenvalue weighted by molar-refractivity contribution is 8.24. The first kappa shape index (κ1) is 20.2. The number of furan rings is 1. The number of rotatable bonds is 5. The molecule has 1 N–H and O–H groups in total. The summed E-state index contributed by atoms with van der Waals surface area (Å²) in [4.78, 5) is 16.8. The molecule has 1 atom stereocenters. The van der Waals surface area contributed by atoms with E-state index in [2.05, 4.69) is 63.4 Å². The average molecular weight is 470 g/mol. The van der Waals surface area contributed by atoms with Crippen LogP contribution in [0.5, 0.6) is 0 Å². The second-order valence-electron chi connectivity index (χ2n) is 8.11. The van der Waals surface area contributed by atoms with Crippen molar-refractivity contribution in [1.29, 1.82) is 0 Å². The second kappa shape index (κ2) is 8.17. The van der Waals surface area contributed by atoms with Gasteiger partial charge in [-0.25, -0.2) is 0 Å². The fraction of sp³-hybridized carbons (Fsp3) is 0.115. The van der Waals surface area contributed by atoms with Crippen LogP contribution in [-0.2, 0) is 17.8 Å². The lowest BCUT2D eigenvalue weighted by Crippen LogP contribution is -2.25. The van der Waals surface area contributed by atoms with Crippen LogP contribution < -0.4 is 5.32 Å². The molecular weight excluding hydrogens is 450 g/mol. The van der Waals surface area contributed by atoms with E-state index in [4.69, 9.17) is 16.6 Å². The molecule has 3 aromatic heterocycles. The Morgan fingerprint density at radius 1 is 1.03 bits per heavy atom. The lowest BCUT2D eigenvalue weighted by molar-refractivity contribution is -0.118. The maximum Gasteiger partial charge on any atom is 0.239 e. The number of fused-ring (bicyclic) bond motifs is 3. The summed E-state index contributed by atoms with van der Waals surface area (Å²) in [6.45, 7) is 0.719. The summed E-state index contributed by atoms with van der Waals surface area (Å²) in [6, 6.07) is 21.0. The standard InChI is InChI=1S/C26H19N3O2S2/c30-25-24(33-26(32)28-25)12-16-6-8-23-20(11-16)19-3-1-2-4-22(19)29(23)14-17-5-7-21(27-13-17)18-9-10-31-15-18/h1-11,13,15,24H,12,14H2,(H,28,30,32). The van der Waals surface area contributed by atoms with Crippen LogP contribution in [0.25, 0.3) is 33.1 Å². The van der Waals surface area contributed by atoms with Crippen LogP contribution in [0, 0.1) is 0 Å². The van der Waals surface area contributed by atoms with E-state index in [1.165, 1.54) is 28.1 Å². The molecule has 162 valence electrons. The minimum atomic E-state index is -0.164. The SMILES string of the molecule is O=C1NC(=S)SC1Cc1ccc2c(c1)c1ccccc1n2Cc1ccc(-c2ccoc2)nc1. The predicted molar refractivity (Wildman–Crippen MR) is 136 cm³/mol. The van der Waals surface area contributed by atoms with Crippen molar-refractivity contribution in [2.24, 2.45) is 0 Å². The Balaban J connectivity index is 1.36. The van der Waals surface area contributed by atoms with Crippen molar-refractivity contribution in [2.75, 3.05) is 0 Å². The van der Waals surface area contributed by atoms with Gasteiger partial charge in [-0.3, -0.25) is 9.78 Å². The largest absolute Gasteiger partial charge is 0.472 e. The van der Waals surface area contributed by atoms with Gasteiger partial charge in [-0.2, -0.15) is 0 Å². The molecule has 1 fully saturated rings. The summed E-state index contributed by atoms with van der Waals surface area (Å²) < 4.78 is 8.06. The Kier molecular flexibility index (Phi) is 5.00. The smallest absolute Gasteiger partial charge is 0.239 e. The highest BCUT2D eigenvalue weighted by atomic mass is 32.2. The summed E-state index contributed by atoms with van der Waals surface area (Å²) in [5.41, 5.74) is 6.47. The van der Waals surface area contributed by atoms with Crippen LogP contribution in [0.2, 0.25) is 0 Å². The van der Waals surface area contributed by atoms with Gasteiger partial charge < -0.3 is 14.3 Å². The lowest BCUT2D eigenvalue weighted by atomic mass is 10.1. The molecule has 1 aliphatic heterocycles. The molecule has 0 radical (unpaired) electrons. The first-order valence-corrected chi connectivity index (χ1v) is 11.9. The van der Waals surface area contributed by atoms with Crippen molar-refractivity contribution < 1.29 is 9.21 Å². The molecule has 6 rings (SSSR count). The van der Waals surface area contributed by atoms with Gasteiger partial charge in [0.15, 0.2) is 0 Å². The molecule has 1 unspecified atom stereocenters. The van der Waals surface area contributed by atoms with Crippen molar-refractivity contribution >= 4 is 56.0 Å². The van der Waals surface area contributed by atoms with Crippen LogP contribution in [0.4, 0.5) is 0 Å². The van der Waals surface area contributed by atoms with E-state index >= 15 is 0 Å². The van der Waals surface area contributed by atoms with Crippen molar-refractivity contribution in [3.63, 3.8) is 0 Å². The molecule has 7 heteroatoms. The van der Waals surface area contributed by atoms with Crippen LogP contribution in [0.3, 0.4) is 0 Å². The number of thioether (sulfide) groups is 1. The van der Waals surface area contributed by atoms with Crippen LogP contribution in [0.15, 0.2) is 83.8 Å². The molecule has 0 spiro atoms.